The SMILES string of the molecule is Cc1ccccc1NC(=O)c1ccccc1NC(=O)CCC(=O)[O-]. The minimum absolute atomic E-state index is 0.212. The van der Waals surface area contributed by atoms with Crippen LogP contribution >= 0.6 is 0 Å². The fourth-order valence-corrected chi connectivity index (χ4v) is 2.12. The van der Waals surface area contributed by atoms with Crippen molar-refractivity contribution in [2.75, 3.05) is 10.6 Å². The number of anilines is 2. The number of benzene rings is 2. The first-order valence-electron chi connectivity index (χ1n) is 7.43. The van der Waals surface area contributed by atoms with Crippen LogP contribution in [0.4, 0.5) is 11.4 Å². The van der Waals surface area contributed by atoms with Crippen LogP contribution in [0.5, 0.6) is 0 Å². The number of carboxylic acid groups (broad SMARTS) is 1. The first kappa shape index (κ1) is 17.2. The maximum absolute atomic E-state index is 12.5. The molecule has 6 nitrogen and oxygen atoms in total. The number of carbonyl (C=O) groups is 3. The summed E-state index contributed by atoms with van der Waals surface area (Å²) < 4.78 is 0. The van der Waals surface area contributed by atoms with Gasteiger partial charge in [-0.05, 0) is 37.1 Å². The van der Waals surface area contributed by atoms with Gasteiger partial charge in [0, 0.05) is 18.1 Å². The van der Waals surface area contributed by atoms with E-state index >= 15 is 0 Å². The lowest BCUT2D eigenvalue weighted by Crippen LogP contribution is -2.24. The molecule has 0 bridgehead atoms. The Hall–Kier alpha value is -3.15. The number of nitrogens with one attached hydrogen (secondary N) is 2. The summed E-state index contributed by atoms with van der Waals surface area (Å²) in [4.78, 5) is 34.6. The van der Waals surface area contributed by atoms with Crippen molar-refractivity contribution in [1.29, 1.82) is 0 Å². The predicted molar refractivity (Wildman–Crippen MR) is 88.4 cm³/mol. The Morgan fingerprint density at radius 2 is 1.50 bits per heavy atom. The number of carboxylic acids is 1. The van der Waals surface area contributed by atoms with E-state index in [0.717, 1.165) is 5.56 Å². The van der Waals surface area contributed by atoms with Gasteiger partial charge >= 0.3 is 0 Å². The Labute approximate surface area is 139 Å². The summed E-state index contributed by atoms with van der Waals surface area (Å²) >= 11 is 0. The van der Waals surface area contributed by atoms with E-state index in [9.17, 15) is 19.5 Å². The quantitative estimate of drug-likeness (QED) is 0.845. The van der Waals surface area contributed by atoms with Crippen LogP contribution in [-0.2, 0) is 9.59 Å². The van der Waals surface area contributed by atoms with Gasteiger partial charge in [0.05, 0.1) is 11.3 Å². The molecular formula is C18H17N2O4-. The molecule has 0 saturated carbocycles. The maximum Gasteiger partial charge on any atom is 0.257 e. The molecule has 0 fully saturated rings. The lowest BCUT2D eigenvalue weighted by atomic mass is 10.1. The molecule has 0 heterocycles. The molecule has 0 atom stereocenters. The number of amides is 2. The van der Waals surface area contributed by atoms with E-state index in [0.29, 0.717) is 16.9 Å². The van der Waals surface area contributed by atoms with Crippen LogP contribution in [0.3, 0.4) is 0 Å². The molecule has 0 aromatic heterocycles. The van der Waals surface area contributed by atoms with Crippen molar-refractivity contribution < 1.29 is 19.5 Å². The minimum Gasteiger partial charge on any atom is -0.550 e. The van der Waals surface area contributed by atoms with Crippen LogP contribution < -0.4 is 15.7 Å². The van der Waals surface area contributed by atoms with Crippen LogP contribution in [0.25, 0.3) is 0 Å². The summed E-state index contributed by atoms with van der Waals surface area (Å²) in [5, 5.41) is 15.8. The number of hydrogen-bond acceptors (Lipinski definition) is 4. The Balaban J connectivity index is 2.13. The van der Waals surface area contributed by atoms with Gasteiger partial charge in [-0.2, -0.15) is 0 Å². The van der Waals surface area contributed by atoms with Crippen molar-refractivity contribution in [3.8, 4) is 0 Å². The molecule has 2 aromatic rings. The monoisotopic (exact) mass is 325 g/mol. The van der Waals surface area contributed by atoms with Crippen LogP contribution in [0, 0.1) is 6.92 Å². The molecule has 0 aliphatic carbocycles. The smallest absolute Gasteiger partial charge is 0.257 e. The normalized spacial score (nSPS) is 10.0. The van der Waals surface area contributed by atoms with Gasteiger partial charge in [0.25, 0.3) is 5.91 Å². The van der Waals surface area contributed by atoms with E-state index in [1.165, 1.54) is 0 Å². The van der Waals surface area contributed by atoms with Crippen molar-refractivity contribution in [1.82, 2.24) is 0 Å². The number of para-hydroxylation sites is 2. The van der Waals surface area contributed by atoms with Gasteiger partial charge in [-0.1, -0.05) is 30.3 Å². The fraction of sp³-hybridized carbons (Fsp3) is 0.167. The van der Waals surface area contributed by atoms with Crippen LogP contribution in [0.1, 0.15) is 28.8 Å². The third kappa shape index (κ3) is 4.67. The summed E-state index contributed by atoms with van der Waals surface area (Å²) in [7, 11) is 0. The van der Waals surface area contributed by atoms with E-state index in [1.54, 1.807) is 30.3 Å². The van der Waals surface area contributed by atoms with Crippen LogP contribution in [-0.4, -0.2) is 17.8 Å². The van der Waals surface area contributed by atoms with Gasteiger partial charge in [0.2, 0.25) is 5.91 Å². The van der Waals surface area contributed by atoms with Crippen molar-refractivity contribution in [3.05, 3.63) is 59.7 Å². The molecule has 0 unspecified atom stereocenters. The van der Waals surface area contributed by atoms with E-state index in [4.69, 9.17) is 0 Å². The molecule has 0 spiro atoms. The van der Waals surface area contributed by atoms with Gasteiger partial charge in [-0.15, -0.1) is 0 Å². The largest absolute Gasteiger partial charge is 0.550 e. The molecular weight excluding hydrogens is 308 g/mol. The molecule has 2 amide bonds. The Morgan fingerprint density at radius 1 is 0.875 bits per heavy atom. The second-order valence-electron chi connectivity index (χ2n) is 5.23. The van der Waals surface area contributed by atoms with E-state index < -0.39 is 11.9 Å². The molecule has 6 heteroatoms. The van der Waals surface area contributed by atoms with Crippen molar-refractivity contribution in [2.45, 2.75) is 19.8 Å². The Morgan fingerprint density at radius 3 is 2.17 bits per heavy atom. The summed E-state index contributed by atoms with van der Waals surface area (Å²) in [5.41, 5.74) is 2.22. The molecule has 2 rings (SSSR count). The molecule has 0 saturated heterocycles. The highest BCUT2D eigenvalue weighted by Gasteiger charge is 2.14. The molecule has 0 aliphatic rings. The lowest BCUT2D eigenvalue weighted by Gasteiger charge is -2.12. The standard InChI is InChI=1S/C18H18N2O4/c1-12-6-2-4-8-14(12)20-18(24)13-7-3-5-9-15(13)19-16(21)10-11-17(22)23/h2-9H,10-11H2,1H3,(H,19,21)(H,20,24)(H,22,23)/p-1. The highest BCUT2D eigenvalue weighted by atomic mass is 16.4. The molecule has 24 heavy (non-hydrogen) atoms. The van der Waals surface area contributed by atoms with E-state index in [-0.39, 0.29) is 18.7 Å². The average molecular weight is 325 g/mol. The number of rotatable bonds is 6. The zero-order valence-corrected chi connectivity index (χ0v) is 13.2. The highest BCUT2D eigenvalue weighted by molar-refractivity contribution is 6.10. The van der Waals surface area contributed by atoms with Crippen LogP contribution in [0.2, 0.25) is 0 Å². The maximum atomic E-state index is 12.5. The first-order valence-corrected chi connectivity index (χ1v) is 7.43. The topological polar surface area (TPSA) is 98.3 Å². The van der Waals surface area contributed by atoms with Gasteiger partial charge in [-0.25, -0.2) is 0 Å². The Bertz CT molecular complexity index is 771. The van der Waals surface area contributed by atoms with Gasteiger partial charge in [0.1, 0.15) is 0 Å². The van der Waals surface area contributed by atoms with Gasteiger partial charge in [-0.3, -0.25) is 9.59 Å². The fourth-order valence-electron chi connectivity index (χ4n) is 2.12. The third-order valence-corrected chi connectivity index (χ3v) is 3.40. The van der Waals surface area contributed by atoms with Crippen molar-refractivity contribution in [2.24, 2.45) is 0 Å². The average Bonchev–Trinajstić information content (AvgIpc) is 2.55. The second-order valence-corrected chi connectivity index (χ2v) is 5.23. The summed E-state index contributed by atoms with van der Waals surface area (Å²) in [6, 6.07) is 13.9. The lowest BCUT2D eigenvalue weighted by molar-refractivity contribution is -0.305. The van der Waals surface area contributed by atoms with Gasteiger partial charge < -0.3 is 20.5 Å². The predicted octanol–water partition coefficient (Wildman–Crippen LogP) is 1.72. The third-order valence-electron chi connectivity index (χ3n) is 3.40. The molecule has 2 aromatic carbocycles. The number of aryl methyl sites for hydroxylation is 1. The highest BCUT2D eigenvalue weighted by Crippen LogP contribution is 2.19. The molecule has 0 radical (unpaired) electrons. The molecule has 2 N–H and O–H groups in total. The summed E-state index contributed by atoms with van der Waals surface area (Å²) in [5.74, 6) is -2.15. The summed E-state index contributed by atoms with van der Waals surface area (Å²) in [6.45, 7) is 1.88. The van der Waals surface area contributed by atoms with Crippen molar-refractivity contribution >= 4 is 29.2 Å². The number of hydrogen-bond donors (Lipinski definition) is 2. The number of aliphatic carboxylic acids is 1. The number of carbonyl (C=O) groups excluding carboxylic acids is 3. The zero-order valence-electron chi connectivity index (χ0n) is 13.2. The second kappa shape index (κ2) is 7.92. The van der Waals surface area contributed by atoms with E-state index in [2.05, 4.69) is 10.6 Å². The van der Waals surface area contributed by atoms with Crippen molar-refractivity contribution in [3.63, 3.8) is 0 Å². The van der Waals surface area contributed by atoms with E-state index in [1.807, 2.05) is 25.1 Å². The minimum atomic E-state index is -1.30. The first-order chi connectivity index (χ1) is 11.5. The zero-order chi connectivity index (χ0) is 17.5. The Kier molecular flexibility index (Phi) is 5.68. The van der Waals surface area contributed by atoms with Crippen LogP contribution in [0.15, 0.2) is 48.5 Å². The summed E-state index contributed by atoms with van der Waals surface area (Å²) in [6.07, 6.45) is -0.584. The molecule has 0 aliphatic heterocycles. The molecule has 124 valence electrons. The van der Waals surface area contributed by atoms with Gasteiger partial charge in [0.15, 0.2) is 0 Å².